The van der Waals surface area contributed by atoms with Crippen LogP contribution in [0.1, 0.15) is 19.3 Å². The topological polar surface area (TPSA) is 68.7 Å². The summed E-state index contributed by atoms with van der Waals surface area (Å²) in [4.78, 5) is 17.8. The third-order valence-corrected chi connectivity index (χ3v) is 6.29. The lowest BCUT2D eigenvalue weighted by Gasteiger charge is -2.34. The van der Waals surface area contributed by atoms with Crippen molar-refractivity contribution < 1.29 is 0 Å². The van der Waals surface area contributed by atoms with E-state index in [1.54, 1.807) is 0 Å². The first-order chi connectivity index (χ1) is 12.8. The number of hydrogen-bond donors (Lipinski definition) is 2. The van der Waals surface area contributed by atoms with Crippen LogP contribution >= 0.6 is 35.7 Å². The molecule has 1 aromatic rings. The molecular weight excluding hydrogens is 473 g/mol. The molecular formula is C18H32IN7S. The molecule has 1 atom stereocenters. The zero-order valence-electron chi connectivity index (χ0n) is 16.1. The highest BCUT2D eigenvalue weighted by Gasteiger charge is 2.18. The molecule has 1 unspecified atom stereocenters. The third kappa shape index (κ3) is 7.61. The molecule has 0 amide bonds. The smallest absolute Gasteiger partial charge is 0.225 e. The summed E-state index contributed by atoms with van der Waals surface area (Å²) in [6.07, 6.45) is 7.43. The molecule has 0 spiro atoms. The maximum absolute atomic E-state index is 4.34. The molecule has 0 bridgehead atoms. The Labute approximate surface area is 184 Å². The van der Waals surface area contributed by atoms with Gasteiger partial charge in [0, 0.05) is 64.0 Å². The van der Waals surface area contributed by atoms with Crippen LogP contribution in [0.2, 0.25) is 0 Å². The highest BCUT2D eigenvalue weighted by atomic mass is 127. The van der Waals surface area contributed by atoms with Crippen molar-refractivity contribution >= 4 is 47.6 Å². The van der Waals surface area contributed by atoms with Gasteiger partial charge in [-0.15, -0.1) is 24.0 Å². The van der Waals surface area contributed by atoms with Crippen LogP contribution in [0.15, 0.2) is 23.5 Å². The molecule has 0 saturated carbocycles. The molecule has 0 radical (unpaired) electrons. The molecule has 152 valence electrons. The normalized spacial score (nSPS) is 21.0. The average Bonchev–Trinajstić information content (AvgIpc) is 3.22. The number of piperazine rings is 1. The maximum Gasteiger partial charge on any atom is 0.225 e. The molecule has 3 rings (SSSR count). The SMILES string of the molecule is CN=C(NCCCN1CCN(c2ncccn2)CC1)NCC1CCCS1.I. The maximum atomic E-state index is 4.34. The zero-order chi connectivity index (χ0) is 18.0. The number of nitrogens with zero attached hydrogens (tertiary/aromatic N) is 5. The number of guanidine groups is 1. The molecule has 2 saturated heterocycles. The predicted octanol–water partition coefficient (Wildman–Crippen LogP) is 1.67. The van der Waals surface area contributed by atoms with Crippen molar-refractivity contribution in [3.8, 4) is 0 Å². The van der Waals surface area contributed by atoms with Gasteiger partial charge in [-0.05, 0) is 37.6 Å². The Morgan fingerprint density at radius 2 is 2.00 bits per heavy atom. The first-order valence-electron chi connectivity index (χ1n) is 9.65. The highest BCUT2D eigenvalue weighted by molar-refractivity contribution is 14.0. The molecule has 1 aromatic heterocycles. The highest BCUT2D eigenvalue weighted by Crippen LogP contribution is 2.25. The van der Waals surface area contributed by atoms with E-state index in [0.29, 0.717) is 0 Å². The molecule has 7 nitrogen and oxygen atoms in total. The molecule has 27 heavy (non-hydrogen) atoms. The van der Waals surface area contributed by atoms with Crippen molar-refractivity contribution in [2.24, 2.45) is 4.99 Å². The van der Waals surface area contributed by atoms with Crippen LogP contribution in [0.3, 0.4) is 0 Å². The molecule has 2 fully saturated rings. The largest absolute Gasteiger partial charge is 0.356 e. The van der Waals surface area contributed by atoms with Gasteiger partial charge in [0.15, 0.2) is 5.96 Å². The minimum absolute atomic E-state index is 0. The van der Waals surface area contributed by atoms with Crippen molar-refractivity contribution in [3.63, 3.8) is 0 Å². The van der Waals surface area contributed by atoms with Gasteiger partial charge in [-0.25, -0.2) is 9.97 Å². The van der Waals surface area contributed by atoms with E-state index in [4.69, 9.17) is 0 Å². The fraction of sp³-hybridized carbons (Fsp3) is 0.722. The lowest BCUT2D eigenvalue weighted by atomic mass is 10.2. The van der Waals surface area contributed by atoms with Crippen molar-refractivity contribution in [2.75, 3.05) is 63.5 Å². The van der Waals surface area contributed by atoms with Crippen LogP contribution in [0.5, 0.6) is 0 Å². The number of rotatable bonds is 7. The van der Waals surface area contributed by atoms with Gasteiger partial charge in [0.2, 0.25) is 5.95 Å². The molecule has 0 aromatic carbocycles. The Hall–Kier alpha value is -0.810. The first-order valence-corrected chi connectivity index (χ1v) is 10.7. The summed E-state index contributed by atoms with van der Waals surface area (Å²) in [6.45, 7) is 7.24. The van der Waals surface area contributed by atoms with Gasteiger partial charge in [0.05, 0.1) is 0 Å². The average molecular weight is 505 g/mol. The number of aliphatic imine (C=N–C) groups is 1. The Kier molecular flexibility index (Phi) is 10.5. The summed E-state index contributed by atoms with van der Waals surface area (Å²) >= 11 is 2.08. The van der Waals surface area contributed by atoms with Crippen LogP contribution in [0, 0.1) is 0 Å². The number of halogens is 1. The Bertz CT molecular complexity index is 546. The van der Waals surface area contributed by atoms with Crippen molar-refractivity contribution in [3.05, 3.63) is 18.5 Å². The molecule has 3 heterocycles. The van der Waals surface area contributed by atoms with E-state index < -0.39 is 0 Å². The van der Waals surface area contributed by atoms with E-state index in [1.165, 1.54) is 18.6 Å². The van der Waals surface area contributed by atoms with E-state index in [0.717, 1.165) is 69.4 Å². The fourth-order valence-corrected chi connectivity index (χ4v) is 4.57. The predicted molar refractivity (Wildman–Crippen MR) is 126 cm³/mol. The van der Waals surface area contributed by atoms with Gasteiger partial charge < -0.3 is 15.5 Å². The van der Waals surface area contributed by atoms with Crippen LogP contribution in [-0.2, 0) is 0 Å². The molecule has 2 N–H and O–H groups in total. The quantitative estimate of drug-likeness (QED) is 0.253. The summed E-state index contributed by atoms with van der Waals surface area (Å²) in [7, 11) is 1.85. The summed E-state index contributed by atoms with van der Waals surface area (Å²) < 4.78 is 0. The van der Waals surface area contributed by atoms with Gasteiger partial charge >= 0.3 is 0 Å². The Balaban J connectivity index is 0.00000261. The Morgan fingerprint density at radius 3 is 2.67 bits per heavy atom. The van der Waals surface area contributed by atoms with Crippen LogP contribution in [0.4, 0.5) is 5.95 Å². The second-order valence-corrected chi connectivity index (χ2v) is 8.15. The van der Waals surface area contributed by atoms with Crippen LogP contribution in [0.25, 0.3) is 0 Å². The molecule has 0 aliphatic carbocycles. The van der Waals surface area contributed by atoms with Crippen LogP contribution in [-0.4, -0.2) is 84.7 Å². The monoisotopic (exact) mass is 505 g/mol. The van der Waals surface area contributed by atoms with Gasteiger partial charge in [-0.3, -0.25) is 9.89 Å². The number of thioether (sulfide) groups is 1. The molecule has 2 aliphatic rings. The van der Waals surface area contributed by atoms with Gasteiger partial charge in [-0.2, -0.15) is 11.8 Å². The summed E-state index contributed by atoms with van der Waals surface area (Å²) in [6, 6.07) is 1.86. The second-order valence-electron chi connectivity index (χ2n) is 6.75. The third-order valence-electron chi connectivity index (χ3n) is 4.90. The minimum Gasteiger partial charge on any atom is -0.356 e. The van der Waals surface area contributed by atoms with Gasteiger partial charge in [-0.1, -0.05) is 0 Å². The molecule has 2 aliphatic heterocycles. The van der Waals surface area contributed by atoms with Crippen LogP contribution < -0.4 is 15.5 Å². The Morgan fingerprint density at radius 1 is 1.22 bits per heavy atom. The number of aromatic nitrogens is 2. The lowest BCUT2D eigenvalue weighted by molar-refractivity contribution is 0.254. The summed E-state index contributed by atoms with van der Waals surface area (Å²) in [5, 5.41) is 7.65. The molecule has 9 heteroatoms. The van der Waals surface area contributed by atoms with E-state index >= 15 is 0 Å². The van der Waals surface area contributed by atoms with E-state index in [1.807, 2.05) is 25.5 Å². The summed E-state index contributed by atoms with van der Waals surface area (Å²) in [5.41, 5.74) is 0. The minimum atomic E-state index is 0. The number of nitrogens with one attached hydrogen (secondary N) is 2. The summed E-state index contributed by atoms with van der Waals surface area (Å²) in [5.74, 6) is 3.09. The van der Waals surface area contributed by atoms with Gasteiger partial charge in [0.25, 0.3) is 0 Å². The van der Waals surface area contributed by atoms with E-state index in [9.17, 15) is 0 Å². The van der Waals surface area contributed by atoms with Gasteiger partial charge in [0.1, 0.15) is 0 Å². The van der Waals surface area contributed by atoms with E-state index in [2.05, 4.69) is 47.2 Å². The zero-order valence-corrected chi connectivity index (χ0v) is 19.3. The lowest BCUT2D eigenvalue weighted by Crippen LogP contribution is -2.47. The van der Waals surface area contributed by atoms with Crippen molar-refractivity contribution in [1.82, 2.24) is 25.5 Å². The first kappa shape index (κ1) is 22.5. The van der Waals surface area contributed by atoms with Crippen molar-refractivity contribution in [2.45, 2.75) is 24.5 Å². The second kappa shape index (κ2) is 12.6. The van der Waals surface area contributed by atoms with Crippen molar-refractivity contribution in [1.29, 1.82) is 0 Å². The number of anilines is 1. The standard InChI is InChI=1S/C18H31N7S.HI/c1-19-17(23-15-16-5-2-14-26-16)20-8-4-9-24-10-12-25(13-11-24)18-21-6-3-7-22-18;/h3,6-7,16H,2,4-5,8-15H2,1H3,(H2,19,20,23);1H. The fourth-order valence-electron chi connectivity index (χ4n) is 3.37. The number of hydrogen-bond acceptors (Lipinski definition) is 6. The van der Waals surface area contributed by atoms with E-state index in [-0.39, 0.29) is 24.0 Å².